The first-order chi connectivity index (χ1) is 16.6. The second kappa shape index (κ2) is 8.96. The molecule has 35 heavy (non-hydrogen) atoms. The highest BCUT2D eigenvalue weighted by molar-refractivity contribution is 5.75. The van der Waals surface area contributed by atoms with Crippen molar-refractivity contribution in [2.24, 2.45) is 5.41 Å². The molecule has 3 heterocycles. The lowest BCUT2D eigenvalue weighted by atomic mass is 9.60. The van der Waals surface area contributed by atoms with Gasteiger partial charge in [0.2, 0.25) is 5.95 Å². The van der Waals surface area contributed by atoms with Crippen molar-refractivity contribution in [2.45, 2.75) is 57.5 Å². The van der Waals surface area contributed by atoms with Gasteiger partial charge in [-0.1, -0.05) is 30.3 Å². The molecule has 1 N–H and O–H groups in total. The number of amides is 2. The fourth-order valence-electron chi connectivity index (χ4n) is 5.76. The number of carbonyl (C=O) groups is 1. The van der Waals surface area contributed by atoms with Crippen LogP contribution in [0.25, 0.3) is 0 Å². The largest absolute Gasteiger partial charge is 0.419 e. The van der Waals surface area contributed by atoms with Crippen molar-refractivity contribution in [3.63, 3.8) is 0 Å². The van der Waals surface area contributed by atoms with Gasteiger partial charge in [-0.05, 0) is 37.7 Å². The first-order valence-corrected chi connectivity index (χ1v) is 12.1. The molecule has 2 amide bonds. The van der Waals surface area contributed by atoms with Gasteiger partial charge in [-0.2, -0.15) is 13.2 Å². The molecule has 2 saturated heterocycles. The van der Waals surface area contributed by atoms with Crippen LogP contribution in [0, 0.1) is 5.41 Å². The van der Waals surface area contributed by atoms with Crippen molar-refractivity contribution in [3.05, 3.63) is 53.9 Å². The lowest BCUT2D eigenvalue weighted by Gasteiger charge is -2.59. The number of likely N-dealkylation sites (tertiary alicyclic amines) is 1. The topological polar surface area (TPSA) is 64.6 Å². The van der Waals surface area contributed by atoms with Gasteiger partial charge in [0.1, 0.15) is 0 Å². The molecule has 1 spiro atoms. The summed E-state index contributed by atoms with van der Waals surface area (Å²) < 4.78 is 38.4. The third kappa shape index (κ3) is 4.94. The first kappa shape index (κ1) is 23.8. The van der Waals surface area contributed by atoms with Gasteiger partial charge in [-0.15, -0.1) is 0 Å². The van der Waals surface area contributed by atoms with Crippen LogP contribution in [0.5, 0.6) is 0 Å². The third-order valence-corrected chi connectivity index (χ3v) is 7.52. The molecular weight excluding hydrogens is 457 g/mol. The summed E-state index contributed by atoms with van der Waals surface area (Å²) >= 11 is 0. The number of rotatable bonds is 4. The summed E-state index contributed by atoms with van der Waals surface area (Å²) in [5, 5.41) is 3.20. The zero-order valence-corrected chi connectivity index (χ0v) is 20.0. The van der Waals surface area contributed by atoms with Gasteiger partial charge < -0.3 is 15.1 Å². The molecule has 5 rings (SSSR count). The van der Waals surface area contributed by atoms with Crippen LogP contribution in [-0.2, 0) is 12.7 Å². The number of urea groups is 1. The lowest BCUT2D eigenvalue weighted by Crippen LogP contribution is -2.68. The van der Waals surface area contributed by atoms with E-state index >= 15 is 0 Å². The maximum Gasteiger partial charge on any atom is 0.419 e. The Morgan fingerprint density at radius 1 is 1.06 bits per heavy atom. The second-order valence-electron chi connectivity index (χ2n) is 10.5. The Labute approximate surface area is 203 Å². The van der Waals surface area contributed by atoms with Gasteiger partial charge in [0.25, 0.3) is 0 Å². The molecule has 188 valence electrons. The Kier molecular flexibility index (Phi) is 6.11. The summed E-state index contributed by atoms with van der Waals surface area (Å²) in [7, 11) is 0. The molecule has 0 bridgehead atoms. The minimum absolute atomic E-state index is 0.0716. The van der Waals surface area contributed by atoms with Crippen molar-refractivity contribution < 1.29 is 18.0 Å². The predicted octanol–water partition coefficient (Wildman–Crippen LogP) is 3.77. The summed E-state index contributed by atoms with van der Waals surface area (Å²) in [6, 6.07) is 10.4. The van der Waals surface area contributed by atoms with E-state index < -0.39 is 11.7 Å². The number of aromatic nitrogens is 2. The van der Waals surface area contributed by atoms with Crippen LogP contribution in [0.3, 0.4) is 0 Å². The maximum atomic E-state index is 13.0. The average Bonchev–Trinajstić information content (AvgIpc) is 2.77. The number of hydrogen-bond donors (Lipinski definition) is 1. The number of hydrogen-bond acceptors (Lipinski definition) is 5. The number of halogens is 3. The molecule has 0 radical (unpaired) electrons. The molecule has 10 heteroatoms. The number of anilines is 1. The zero-order chi connectivity index (χ0) is 24.8. The summed E-state index contributed by atoms with van der Waals surface area (Å²) in [4.78, 5) is 27.0. The number of nitrogens with zero attached hydrogens (tertiary/aromatic N) is 5. The van der Waals surface area contributed by atoms with Gasteiger partial charge in [-0.25, -0.2) is 14.8 Å². The SMILES string of the molecule is C[C@@H]1CN(c2ncc(C(F)(F)F)cn2)[C@@H](C)CN1C(=O)NC1CC2(C1)CN(Cc1ccccc1)C2. The molecule has 7 nitrogen and oxygen atoms in total. The van der Waals surface area contributed by atoms with E-state index in [4.69, 9.17) is 0 Å². The third-order valence-electron chi connectivity index (χ3n) is 7.52. The molecule has 0 unspecified atom stereocenters. The van der Waals surface area contributed by atoms with Crippen LogP contribution in [-0.4, -0.2) is 70.1 Å². The number of carbonyl (C=O) groups excluding carboxylic acids is 1. The molecule has 1 aromatic carbocycles. The van der Waals surface area contributed by atoms with Crippen LogP contribution in [0.4, 0.5) is 23.9 Å². The van der Waals surface area contributed by atoms with Gasteiger partial charge in [-0.3, -0.25) is 4.90 Å². The van der Waals surface area contributed by atoms with Gasteiger partial charge in [0.05, 0.1) is 5.56 Å². The van der Waals surface area contributed by atoms with Gasteiger partial charge in [0, 0.05) is 63.2 Å². The molecule has 1 saturated carbocycles. The number of benzene rings is 1. The Balaban J connectivity index is 1.09. The van der Waals surface area contributed by atoms with E-state index in [0.717, 1.165) is 44.9 Å². The fourth-order valence-corrected chi connectivity index (χ4v) is 5.76. The molecule has 2 aliphatic heterocycles. The predicted molar refractivity (Wildman–Crippen MR) is 126 cm³/mol. The Morgan fingerprint density at radius 2 is 1.71 bits per heavy atom. The molecule has 2 atom stereocenters. The van der Waals surface area contributed by atoms with Crippen molar-refractivity contribution in [1.82, 2.24) is 25.1 Å². The summed E-state index contributed by atoms with van der Waals surface area (Å²) in [5.41, 5.74) is 0.799. The van der Waals surface area contributed by atoms with Gasteiger partial charge in [0.15, 0.2) is 0 Å². The van der Waals surface area contributed by atoms with E-state index in [9.17, 15) is 18.0 Å². The van der Waals surface area contributed by atoms with Crippen LogP contribution in [0.1, 0.15) is 37.8 Å². The van der Waals surface area contributed by atoms with Crippen LogP contribution in [0.2, 0.25) is 0 Å². The number of piperazine rings is 1. The molecule has 2 aromatic rings. The van der Waals surface area contributed by atoms with Crippen molar-refractivity contribution in [1.29, 1.82) is 0 Å². The molecule has 1 aliphatic carbocycles. The van der Waals surface area contributed by atoms with Crippen molar-refractivity contribution in [3.8, 4) is 0 Å². The summed E-state index contributed by atoms with van der Waals surface area (Å²) in [6.45, 7) is 7.92. The maximum absolute atomic E-state index is 13.0. The molecule has 1 aromatic heterocycles. The smallest absolute Gasteiger partial charge is 0.335 e. The number of nitrogens with one attached hydrogen (secondary N) is 1. The van der Waals surface area contributed by atoms with Crippen LogP contribution >= 0.6 is 0 Å². The molecule has 3 fully saturated rings. The monoisotopic (exact) mass is 488 g/mol. The van der Waals surface area contributed by atoms with E-state index in [1.165, 1.54) is 5.56 Å². The van der Waals surface area contributed by atoms with E-state index in [-0.39, 0.29) is 30.1 Å². The average molecular weight is 489 g/mol. The Hall–Kier alpha value is -2.88. The normalized spacial score (nSPS) is 24.7. The second-order valence-corrected chi connectivity index (χ2v) is 10.5. The standard InChI is InChI=1S/C25H31F3N6O/c1-17-13-34(18(2)12-33(17)22-29-10-20(11-30-22)25(26,27)28)23(35)31-21-8-24(9-21)15-32(16-24)14-19-6-4-3-5-7-19/h3-7,10-11,17-18,21H,8-9,12-16H2,1-2H3,(H,31,35)/t17-,18+/m0/s1. The quantitative estimate of drug-likeness (QED) is 0.710. The highest BCUT2D eigenvalue weighted by Crippen LogP contribution is 2.48. The Morgan fingerprint density at radius 3 is 2.34 bits per heavy atom. The Bertz CT molecular complexity index is 1030. The minimum Gasteiger partial charge on any atom is -0.335 e. The highest BCUT2D eigenvalue weighted by atomic mass is 19.4. The fraction of sp³-hybridized carbons (Fsp3) is 0.560. The first-order valence-electron chi connectivity index (χ1n) is 12.1. The minimum atomic E-state index is -4.46. The summed E-state index contributed by atoms with van der Waals surface area (Å²) in [6.07, 6.45) is -0.825. The molecular formula is C25H31F3N6O. The van der Waals surface area contributed by atoms with Crippen molar-refractivity contribution >= 4 is 12.0 Å². The van der Waals surface area contributed by atoms with E-state index in [2.05, 4.69) is 44.5 Å². The number of alkyl halides is 3. The van der Waals surface area contributed by atoms with Crippen LogP contribution < -0.4 is 10.2 Å². The van der Waals surface area contributed by atoms with Crippen molar-refractivity contribution in [2.75, 3.05) is 31.1 Å². The lowest BCUT2D eigenvalue weighted by molar-refractivity contribution is -0.138. The van der Waals surface area contributed by atoms with E-state index in [1.807, 2.05) is 29.7 Å². The molecule has 3 aliphatic rings. The van der Waals surface area contributed by atoms with Gasteiger partial charge >= 0.3 is 12.2 Å². The summed E-state index contributed by atoms with van der Waals surface area (Å²) in [5.74, 6) is 0.253. The van der Waals surface area contributed by atoms with Crippen LogP contribution in [0.15, 0.2) is 42.7 Å². The van der Waals surface area contributed by atoms with E-state index in [0.29, 0.717) is 18.5 Å². The zero-order valence-electron chi connectivity index (χ0n) is 20.0. The van der Waals surface area contributed by atoms with E-state index in [1.54, 1.807) is 0 Å². The highest BCUT2D eigenvalue weighted by Gasteiger charge is 2.52.